The Kier molecular flexibility index (Phi) is 6.24. The fourth-order valence-corrected chi connectivity index (χ4v) is 1.64. The van der Waals surface area contributed by atoms with Crippen molar-refractivity contribution >= 4 is 11.7 Å². The Bertz CT molecular complexity index is 408. The Hall–Kier alpha value is -1.66. The van der Waals surface area contributed by atoms with E-state index in [4.69, 9.17) is 5.84 Å². The smallest absolute Gasteiger partial charge is 0.234 e. The monoisotopic (exact) mass is 265 g/mol. The highest BCUT2D eigenvalue weighted by molar-refractivity contribution is 5.77. The molecular weight excluding hydrogens is 242 g/mol. The summed E-state index contributed by atoms with van der Waals surface area (Å²) in [7, 11) is 1.91. The molecule has 1 rings (SSSR count). The second kappa shape index (κ2) is 7.70. The first kappa shape index (κ1) is 15.4. The fraction of sp³-hybridized carbons (Fsp3) is 0.538. The Morgan fingerprint density at radius 1 is 1.53 bits per heavy atom. The predicted molar refractivity (Wildman–Crippen MR) is 76.2 cm³/mol. The quantitative estimate of drug-likeness (QED) is 0.496. The number of likely N-dealkylation sites (N-methyl/N-ethyl adjacent to an activating group) is 1. The number of amides is 1. The van der Waals surface area contributed by atoms with Gasteiger partial charge in [0.05, 0.1) is 6.54 Å². The molecular formula is C13H23N5O. The number of carbonyl (C=O) groups excluding carboxylic acids is 1. The highest BCUT2D eigenvalue weighted by atomic mass is 16.2. The Morgan fingerprint density at radius 2 is 2.26 bits per heavy atom. The lowest BCUT2D eigenvalue weighted by Crippen LogP contribution is -2.36. The van der Waals surface area contributed by atoms with E-state index in [0.717, 1.165) is 5.56 Å². The second-order valence-electron chi connectivity index (χ2n) is 5.06. The summed E-state index contributed by atoms with van der Waals surface area (Å²) in [5.74, 6) is 6.44. The van der Waals surface area contributed by atoms with Gasteiger partial charge in [-0.2, -0.15) is 0 Å². The molecule has 4 N–H and O–H groups in total. The summed E-state index contributed by atoms with van der Waals surface area (Å²) in [4.78, 5) is 17.7. The van der Waals surface area contributed by atoms with E-state index < -0.39 is 0 Å². The van der Waals surface area contributed by atoms with Crippen LogP contribution in [0.15, 0.2) is 18.3 Å². The number of rotatable bonds is 7. The van der Waals surface area contributed by atoms with E-state index in [2.05, 4.69) is 29.6 Å². The highest BCUT2D eigenvalue weighted by Gasteiger charge is 2.07. The van der Waals surface area contributed by atoms with Crippen molar-refractivity contribution in [1.29, 1.82) is 0 Å². The minimum absolute atomic E-state index is 0.0439. The van der Waals surface area contributed by atoms with E-state index in [0.29, 0.717) is 31.4 Å². The molecule has 0 fully saturated rings. The molecule has 106 valence electrons. The summed E-state index contributed by atoms with van der Waals surface area (Å²) in [6, 6.07) is 3.77. The lowest BCUT2D eigenvalue weighted by atomic mass is 10.2. The van der Waals surface area contributed by atoms with Gasteiger partial charge < -0.3 is 10.7 Å². The van der Waals surface area contributed by atoms with Crippen LogP contribution in [0.3, 0.4) is 0 Å². The molecule has 0 bridgehead atoms. The third-order valence-corrected chi connectivity index (χ3v) is 2.55. The van der Waals surface area contributed by atoms with E-state index in [-0.39, 0.29) is 5.91 Å². The Labute approximate surface area is 114 Å². The van der Waals surface area contributed by atoms with Crippen molar-refractivity contribution < 1.29 is 4.79 Å². The van der Waals surface area contributed by atoms with Crippen LogP contribution in [-0.4, -0.2) is 35.9 Å². The number of nitrogens with one attached hydrogen (secondary N) is 2. The summed E-state index contributed by atoms with van der Waals surface area (Å²) < 4.78 is 0. The maximum absolute atomic E-state index is 11.7. The number of nitrogens with zero attached hydrogens (tertiary/aromatic N) is 2. The molecule has 1 amide bonds. The zero-order valence-corrected chi connectivity index (χ0v) is 11.8. The first-order valence-electron chi connectivity index (χ1n) is 6.38. The zero-order chi connectivity index (χ0) is 14.3. The SMILES string of the molecule is CC(C)CNC(=O)CN(C)Cc1ccnc(NN)c1. The molecule has 0 unspecified atom stereocenters. The average Bonchev–Trinajstić information content (AvgIpc) is 2.36. The zero-order valence-electron chi connectivity index (χ0n) is 11.8. The van der Waals surface area contributed by atoms with E-state index in [9.17, 15) is 4.79 Å². The van der Waals surface area contributed by atoms with Gasteiger partial charge in [0.1, 0.15) is 5.82 Å². The summed E-state index contributed by atoms with van der Waals surface area (Å²) in [5, 5.41) is 2.90. The summed E-state index contributed by atoms with van der Waals surface area (Å²) >= 11 is 0. The van der Waals surface area contributed by atoms with Gasteiger partial charge in [-0.05, 0) is 30.7 Å². The Morgan fingerprint density at radius 3 is 2.89 bits per heavy atom. The van der Waals surface area contributed by atoms with E-state index in [1.165, 1.54) is 0 Å². The minimum Gasteiger partial charge on any atom is -0.355 e. The normalized spacial score (nSPS) is 10.8. The first-order valence-corrected chi connectivity index (χ1v) is 6.38. The number of nitrogens with two attached hydrogens (primary N) is 1. The van der Waals surface area contributed by atoms with E-state index >= 15 is 0 Å². The van der Waals surface area contributed by atoms with Crippen molar-refractivity contribution in [2.75, 3.05) is 25.6 Å². The third-order valence-electron chi connectivity index (χ3n) is 2.55. The molecule has 6 heteroatoms. The van der Waals surface area contributed by atoms with Crippen molar-refractivity contribution in [1.82, 2.24) is 15.2 Å². The van der Waals surface area contributed by atoms with Crippen LogP contribution in [0.2, 0.25) is 0 Å². The molecule has 0 aliphatic heterocycles. The molecule has 1 heterocycles. The molecule has 0 aliphatic carbocycles. The lowest BCUT2D eigenvalue weighted by Gasteiger charge is -2.17. The van der Waals surface area contributed by atoms with Crippen LogP contribution in [0.5, 0.6) is 0 Å². The third kappa shape index (κ3) is 6.17. The van der Waals surface area contributed by atoms with Crippen molar-refractivity contribution in [2.45, 2.75) is 20.4 Å². The van der Waals surface area contributed by atoms with E-state index in [1.54, 1.807) is 6.20 Å². The number of anilines is 1. The van der Waals surface area contributed by atoms with Gasteiger partial charge in [0.15, 0.2) is 0 Å². The number of nitrogen functional groups attached to an aromatic ring is 1. The summed E-state index contributed by atoms with van der Waals surface area (Å²) in [6.07, 6.45) is 1.69. The number of pyridine rings is 1. The van der Waals surface area contributed by atoms with Gasteiger partial charge in [0, 0.05) is 19.3 Å². The number of aromatic nitrogens is 1. The number of carbonyl (C=O) groups is 1. The van der Waals surface area contributed by atoms with Crippen LogP contribution >= 0.6 is 0 Å². The van der Waals surface area contributed by atoms with Crippen molar-refractivity contribution in [3.8, 4) is 0 Å². The van der Waals surface area contributed by atoms with Gasteiger partial charge in [0.25, 0.3) is 0 Å². The first-order chi connectivity index (χ1) is 9.01. The average molecular weight is 265 g/mol. The van der Waals surface area contributed by atoms with Crippen molar-refractivity contribution in [3.63, 3.8) is 0 Å². The summed E-state index contributed by atoms with van der Waals surface area (Å²) in [5.41, 5.74) is 3.56. The number of hydrogen-bond donors (Lipinski definition) is 3. The standard InChI is InChI=1S/C13H23N5O/c1-10(2)7-16-13(19)9-18(3)8-11-4-5-15-12(6-11)17-14/h4-6,10H,7-9,14H2,1-3H3,(H,15,17)(H,16,19). The Balaban J connectivity index is 2.41. The summed E-state index contributed by atoms with van der Waals surface area (Å²) in [6.45, 7) is 5.90. The van der Waals surface area contributed by atoms with Crippen LogP contribution in [0.1, 0.15) is 19.4 Å². The molecule has 6 nitrogen and oxygen atoms in total. The van der Waals surface area contributed by atoms with Gasteiger partial charge in [-0.25, -0.2) is 10.8 Å². The second-order valence-corrected chi connectivity index (χ2v) is 5.06. The van der Waals surface area contributed by atoms with Crippen LogP contribution in [0, 0.1) is 5.92 Å². The minimum atomic E-state index is 0.0439. The molecule has 0 spiro atoms. The molecule has 0 atom stereocenters. The lowest BCUT2D eigenvalue weighted by molar-refractivity contribution is -0.122. The van der Waals surface area contributed by atoms with Crippen molar-refractivity contribution in [2.24, 2.45) is 11.8 Å². The predicted octanol–water partition coefficient (Wildman–Crippen LogP) is 0.571. The molecule has 0 saturated carbocycles. The molecule has 0 radical (unpaired) electrons. The molecule has 0 aromatic carbocycles. The van der Waals surface area contributed by atoms with Crippen LogP contribution in [0.25, 0.3) is 0 Å². The highest BCUT2D eigenvalue weighted by Crippen LogP contribution is 2.07. The van der Waals surface area contributed by atoms with Crippen LogP contribution < -0.4 is 16.6 Å². The van der Waals surface area contributed by atoms with Crippen molar-refractivity contribution in [3.05, 3.63) is 23.9 Å². The molecule has 1 aromatic rings. The topological polar surface area (TPSA) is 83.3 Å². The maximum atomic E-state index is 11.7. The molecule has 0 aliphatic rings. The molecule has 19 heavy (non-hydrogen) atoms. The van der Waals surface area contributed by atoms with E-state index in [1.807, 2.05) is 24.1 Å². The number of hydrazine groups is 1. The maximum Gasteiger partial charge on any atom is 0.234 e. The van der Waals surface area contributed by atoms with Gasteiger partial charge in [-0.15, -0.1) is 0 Å². The molecule has 1 aromatic heterocycles. The fourth-order valence-electron chi connectivity index (χ4n) is 1.64. The van der Waals surface area contributed by atoms with Crippen LogP contribution in [-0.2, 0) is 11.3 Å². The van der Waals surface area contributed by atoms with Gasteiger partial charge in [-0.3, -0.25) is 9.69 Å². The van der Waals surface area contributed by atoms with Gasteiger partial charge in [0.2, 0.25) is 5.91 Å². The van der Waals surface area contributed by atoms with Crippen LogP contribution in [0.4, 0.5) is 5.82 Å². The molecule has 0 saturated heterocycles. The number of hydrogen-bond acceptors (Lipinski definition) is 5. The van der Waals surface area contributed by atoms with Gasteiger partial charge >= 0.3 is 0 Å². The largest absolute Gasteiger partial charge is 0.355 e. The van der Waals surface area contributed by atoms with Gasteiger partial charge in [-0.1, -0.05) is 13.8 Å².